The minimum Gasteiger partial charge on any atom is -0.382 e. The monoisotopic (exact) mass is 402 g/mol. The molecule has 0 radical (unpaired) electrons. The van der Waals surface area contributed by atoms with Gasteiger partial charge in [-0.2, -0.15) is 4.31 Å². The van der Waals surface area contributed by atoms with Crippen molar-refractivity contribution in [2.75, 3.05) is 45.6 Å². The molecule has 0 aromatic heterocycles. The Labute approximate surface area is 165 Å². The molecule has 0 aromatic carbocycles. The van der Waals surface area contributed by atoms with Gasteiger partial charge in [-0.3, -0.25) is 4.99 Å². The van der Waals surface area contributed by atoms with Crippen LogP contribution in [0.1, 0.15) is 58.8 Å². The van der Waals surface area contributed by atoms with E-state index in [1.165, 1.54) is 31.9 Å². The van der Waals surface area contributed by atoms with E-state index in [2.05, 4.69) is 17.6 Å². The summed E-state index contributed by atoms with van der Waals surface area (Å²) in [5.41, 5.74) is 0.254. The van der Waals surface area contributed by atoms with E-state index in [1.807, 2.05) is 6.92 Å². The summed E-state index contributed by atoms with van der Waals surface area (Å²) >= 11 is 0. The number of nitrogens with one attached hydrogen (secondary N) is 2. The maximum Gasteiger partial charge on any atom is 0.211 e. The number of ether oxygens (including phenoxy) is 1. The predicted octanol–water partition coefficient (Wildman–Crippen LogP) is 1.95. The van der Waals surface area contributed by atoms with E-state index in [4.69, 9.17) is 9.73 Å². The van der Waals surface area contributed by atoms with Crippen molar-refractivity contribution in [2.24, 2.45) is 10.4 Å². The molecule has 2 fully saturated rings. The molecule has 0 unspecified atom stereocenters. The zero-order valence-electron chi connectivity index (χ0n) is 17.3. The molecule has 1 atom stereocenters. The summed E-state index contributed by atoms with van der Waals surface area (Å²) in [7, 11) is -3.14. The quantitative estimate of drug-likeness (QED) is 0.332. The maximum absolute atomic E-state index is 11.9. The van der Waals surface area contributed by atoms with Gasteiger partial charge in [-0.25, -0.2) is 8.42 Å². The predicted molar refractivity (Wildman–Crippen MR) is 111 cm³/mol. The Hall–Kier alpha value is -0.860. The van der Waals surface area contributed by atoms with E-state index in [-0.39, 0.29) is 11.5 Å². The van der Waals surface area contributed by atoms with Crippen LogP contribution in [0.5, 0.6) is 0 Å². The largest absolute Gasteiger partial charge is 0.382 e. The van der Waals surface area contributed by atoms with Gasteiger partial charge < -0.3 is 15.4 Å². The van der Waals surface area contributed by atoms with Crippen molar-refractivity contribution < 1.29 is 13.2 Å². The number of aliphatic imine (C=N–C) groups is 1. The smallest absolute Gasteiger partial charge is 0.211 e. The maximum atomic E-state index is 11.9. The minimum absolute atomic E-state index is 0.0160. The normalized spacial score (nSPS) is 23.7. The Morgan fingerprint density at radius 3 is 2.59 bits per heavy atom. The standard InChI is InChI=1S/C19H38N4O3S/c1-4-20-18(21-15-17-9-8-13-23(17)27(3,24)25)22-16-19(10-6-7-11-19)12-14-26-5-2/h17H,4-16H2,1-3H3,(H2,20,21,22)/t17-/m1/s1. The molecule has 1 saturated heterocycles. The van der Waals surface area contributed by atoms with Crippen LogP contribution in [0.3, 0.4) is 0 Å². The van der Waals surface area contributed by atoms with E-state index in [0.717, 1.165) is 51.5 Å². The fraction of sp³-hybridized carbons (Fsp3) is 0.947. The van der Waals surface area contributed by atoms with Crippen molar-refractivity contribution in [1.29, 1.82) is 0 Å². The second kappa shape index (κ2) is 10.6. The second-order valence-corrected chi connectivity index (χ2v) is 9.83. The van der Waals surface area contributed by atoms with Crippen LogP contribution < -0.4 is 10.6 Å². The van der Waals surface area contributed by atoms with Crippen LogP contribution >= 0.6 is 0 Å². The molecular formula is C19H38N4O3S. The van der Waals surface area contributed by atoms with Gasteiger partial charge in [-0.15, -0.1) is 0 Å². The highest BCUT2D eigenvalue weighted by Gasteiger charge is 2.34. The van der Waals surface area contributed by atoms with Gasteiger partial charge in [-0.05, 0) is 51.4 Å². The van der Waals surface area contributed by atoms with Crippen molar-refractivity contribution in [2.45, 2.75) is 64.8 Å². The van der Waals surface area contributed by atoms with Gasteiger partial charge >= 0.3 is 0 Å². The molecule has 1 aliphatic carbocycles. The van der Waals surface area contributed by atoms with Gasteiger partial charge in [0.25, 0.3) is 0 Å². The lowest BCUT2D eigenvalue weighted by molar-refractivity contribution is 0.107. The summed E-state index contributed by atoms with van der Waals surface area (Å²) in [5.74, 6) is 0.792. The Kier molecular flexibility index (Phi) is 8.82. The van der Waals surface area contributed by atoms with Crippen LogP contribution in [0, 0.1) is 5.41 Å². The Morgan fingerprint density at radius 1 is 1.22 bits per heavy atom. The molecule has 1 heterocycles. The molecule has 7 nitrogen and oxygen atoms in total. The van der Waals surface area contributed by atoms with Gasteiger partial charge in [0, 0.05) is 45.4 Å². The van der Waals surface area contributed by atoms with Crippen LogP contribution in [0.25, 0.3) is 0 Å². The average molecular weight is 403 g/mol. The summed E-state index contributed by atoms with van der Waals surface area (Å²) in [6.45, 7) is 8.48. The van der Waals surface area contributed by atoms with Crippen molar-refractivity contribution in [1.82, 2.24) is 14.9 Å². The molecule has 0 bridgehead atoms. The third kappa shape index (κ3) is 6.91. The molecule has 2 N–H and O–H groups in total. The molecule has 8 heteroatoms. The van der Waals surface area contributed by atoms with Gasteiger partial charge in [0.1, 0.15) is 0 Å². The molecular weight excluding hydrogens is 364 g/mol. The lowest BCUT2D eigenvalue weighted by Crippen LogP contribution is -2.46. The first kappa shape index (κ1) is 22.4. The lowest BCUT2D eigenvalue weighted by Gasteiger charge is -2.28. The number of hydrogen-bond acceptors (Lipinski definition) is 4. The second-order valence-electron chi connectivity index (χ2n) is 7.90. The van der Waals surface area contributed by atoms with Crippen LogP contribution in [0.2, 0.25) is 0 Å². The van der Waals surface area contributed by atoms with Crippen molar-refractivity contribution in [3.8, 4) is 0 Å². The van der Waals surface area contributed by atoms with Crippen LogP contribution in [0.15, 0.2) is 4.99 Å². The summed E-state index contributed by atoms with van der Waals surface area (Å²) < 4.78 is 31.1. The van der Waals surface area contributed by atoms with Crippen LogP contribution in [0.4, 0.5) is 0 Å². The average Bonchev–Trinajstić information content (AvgIpc) is 3.27. The highest BCUT2D eigenvalue weighted by Crippen LogP contribution is 2.41. The zero-order chi connectivity index (χ0) is 19.8. The van der Waals surface area contributed by atoms with Gasteiger partial charge in [0.2, 0.25) is 10.0 Å². The highest BCUT2D eigenvalue weighted by atomic mass is 32.2. The summed E-state index contributed by atoms with van der Waals surface area (Å²) in [6, 6.07) is 0.0160. The Bertz CT molecular complexity index is 574. The van der Waals surface area contributed by atoms with Gasteiger partial charge in [0.05, 0.1) is 6.26 Å². The molecule has 158 valence electrons. The van der Waals surface area contributed by atoms with E-state index in [1.54, 1.807) is 4.31 Å². The van der Waals surface area contributed by atoms with Crippen LogP contribution in [-0.2, 0) is 14.8 Å². The molecule has 0 spiro atoms. The van der Waals surface area contributed by atoms with Crippen molar-refractivity contribution in [3.63, 3.8) is 0 Å². The van der Waals surface area contributed by atoms with E-state index < -0.39 is 10.0 Å². The van der Waals surface area contributed by atoms with Gasteiger partial charge in [0.15, 0.2) is 5.96 Å². The zero-order valence-corrected chi connectivity index (χ0v) is 18.1. The molecule has 27 heavy (non-hydrogen) atoms. The fourth-order valence-electron chi connectivity index (χ4n) is 4.30. The van der Waals surface area contributed by atoms with Gasteiger partial charge in [-0.1, -0.05) is 12.8 Å². The molecule has 0 aromatic rings. The SMILES string of the molecule is CCNC(=NCC1(CCOCC)CCCC1)NC[C@H]1CCCN1S(C)(=O)=O. The van der Waals surface area contributed by atoms with Crippen molar-refractivity contribution in [3.05, 3.63) is 0 Å². The summed E-state index contributed by atoms with van der Waals surface area (Å²) in [6.07, 6.45) is 9.17. The first-order chi connectivity index (χ1) is 12.9. The number of hydrogen-bond donors (Lipinski definition) is 2. The molecule has 1 saturated carbocycles. The molecule has 1 aliphatic heterocycles. The third-order valence-electron chi connectivity index (χ3n) is 5.82. The first-order valence-corrected chi connectivity index (χ1v) is 12.3. The van der Waals surface area contributed by atoms with Crippen LogP contribution in [-0.4, -0.2) is 70.4 Å². The molecule has 2 rings (SSSR count). The van der Waals surface area contributed by atoms with E-state index >= 15 is 0 Å². The minimum atomic E-state index is -3.14. The van der Waals surface area contributed by atoms with E-state index in [9.17, 15) is 8.42 Å². The summed E-state index contributed by atoms with van der Waals surface area (Å²) in [5, 5.41) is 6.68. The number of guanidine groups is 1. The number of sulfonamides is 1. The fourth-order valence-corrected chi connectivity index (χ4v) is 5.48. The molecule has 0 amide bonds. The first-order valence-electron chi connectivity index (χ1n) is 10.5. The molecule has 2 aliphatic rings. The summed E-state index contributed by atoms with van der Waals surface area (Å²) in [4.78, 5) is 4.87. The Morgan fingerprint density at radius 2 is 1.96 bits per heavy atom. The van der Waals surface area contributed by atoms with Crippen molar-refractivity contribution >= 4 is 16.0 Å². The third-order valence-corrected chi connectivity index (χ3v) is 7.15. The number of rotatable bonds is 10. The Balaban J connectivity index is 1.94. The number of nitrogens with zero attached hydrogens (tertiary/aromatic N) is 2. The lowest BCUT2D eigenvalue weighted by atomic mass is 9.83. The highest BCUT2D eigenvalue weighted by molar-refractivity contribution is 7.88. The topological polar surface area (TPSA) is 83.0 Å². The van der Waals surface area contributed by atoms with E-state index in [0.29, 0.717) is 13.1 Å².